The second-order valence-corrected chi connectivity index (χ2v) is 4.78. The lowest BCUT2D eigenvalue weighted by atomic mass is 10.2. The van der Waals surface area contributed by atoms with Crippen molar-refractivity contribution in [3.63, 3.8) is 0 Å². The number of nitrogens with one attached hydrogen (secondary N) is 2. The molecule has 1 aliphatic heterocycles. The number of aromatic nitrogens is 2. The minimum Gasteiger partial charge on any atom is -0.278 e. The van der Waals surface area contributed by atoms with Crippen molar-refractivity contribution in [1.29, 1.82) is 0 Å². The molecule has 1 aliphatic rings. The monoisotopic (exact) mass is 291 g/mol. The average Bonchev–Trinajstić information content (AvgIpc) is 2.86. The predicted molar refractivity (Wildman–Crippen MR) is 70.9 cm³/mol. The minimum absolute atomic E-state index is 0.885. The van der Waals surface area contributed by atoms with Crippen LogP contribution in [0.4, 0.5) is 5.69 Å². The summed E-state index contributed by atoms with van der Waals surface area (Å²) in [5.74, 6) is 1.17. The van der Waals surface area contributed by atoms with Gasteiger partial charge in [-0.1, -0.05) is 0 Å². The van der Waals surface area contributed by atoms with Crippen LogP contribution in [-0.4, -0.2) is 22.3 Å². The number of anilines is 1. The number of rotatable bonds is 1. The molecular formula is C12H12BrN4+. The summed E-state index contributed by atoms with van der Waals surface area (Å²) in [7, 11) is 0. The Labute approximate surface area is 107 Å². The Hall–Kier alpha value is -1.49. The molecule has 2 heterocycles. The van der Waals surface area contributed by atoms with Gasteiger partial charge in [0.2, 0.25) is 5.84 Å². The Morgan fingerprint density at radius 3 is 2.94 bits per heavy atom. The lowest BCUT2D eigenvalue weighted by molar-refractivity contribution is -0.447. The molecule has 0 bridgehead atoms. The quantitative estimate of drug-likeness (QED) is 0.827. The largest absolute Gasteiger partial charge is 0.278 e. The summed E-state index contributed by atoms with van der Waals surface area (Å²) in [5.41, 5.74) is 2.81. The van der Waals surface area contributed by atoms with Crippen LogP contribution in [0.25, 0.3) is 11.0 Å². The fraction of sp³-hybridized carbons (Fsp3) is 0.250. The Kier molecular flexibility index (Phi) is 2.76. The summed E-state index contributed by atoms with van der Waals surface area (Å²) < 4.78 is 0.962. The highest BCUT2D eigenvalue weighted by Crippen LogP contribution is 2.28. The molecule has 0 radical (unpaired) electrons. The molecule has 0 atom stereocenters. The molecule has 1 aromatic carbocycles. The first-order valence-electron chi connectivity index (χ1n) is 5.60. The van der Waals surface area contributed by atoms with Gasteiger partial charge < -0.3 is 0 Å². The Morgan fingerprint density at radius 1 is 1.24 bits per heavy atom. The number of amidine groups is 1. The van der Waals surface area contributed by atoms with Crippen molar-refractivity contribution >= 4 is 38.5 Å². The van der Waals surface area contributed by atoms with Crippen molar-refractivity contribution in [2.75, 3.05) is 11.9 Å². The van der Waals surface area contributed by atoms with Gasteiger partial charge in [0.1, 0.15) is 11.2 Å². The van der Waals surface area contributed by atoms with Crippen molar-refractivity contribution in [3.05, 3.63) is 29.0 Å². The highest BCUT2D eigenvalue weighted by atomic mass is 79.9. The fourth-order valence-corrected chi connectivity index (χ4v) is 2.50. The van der Waals surface area contributed by atoms with E-state index in [1.54, 1.807) is 12.4 Å². The summed E-state index contributed by atoms with van der Waals surface area (Å²) in [4.78, 5) is 11.9. The number of benzene rings is 1. The van der Waals surface area contributed by atoms with E-state index in [1.807, 2.05) is 12.1 Å². The number of nitrogens with zero attached hydrogens (tertiary/aromatic N) is 2. The van der Waals surface area contributed by atoms with Gasteiger partial charge in [-0.15, -0.1) is 0 Å². The Morgan fingerprint density at radius 2 is 2.12 bits per heavy atom. The van der Waals surface area contributed by atoms with Crippen LogP contribution >= 0.6 is 15.9 Å². The number of fused-ring (bicyclic) bond motifs is 1. The van der Waals surface area contributed by atoms with Crippen LogP contribution in [0.1, 0.15) is 12.8 Å². The predicted octanol–water partition coefficient (Wildman–Crippen LogP) is 1.08. The van der Waals surface area contributed by atoms with Crippen LogP contribution in [0, 0.1) is 0 Å². The van der Waals surface area contributed by atoms with Gasteiger partial charge in [-0.05, 0) is 34.5 Å². The first-order valence-corrected chi connectivity index (χ1v) is 6.40. The highest BCUT2D eigenvalue weighted by molar-refractivity contribution is 9.10. The number of hydrogen-bond acceptors (Lipinski definition) is 3. The third-order valence-corrected chi connectivity index (χ3v) is 3.61. The van der Waals surface area contributed by atoms with Gasteiger partial charge in [-0.2, -0.15) is 0 Å². The molecule has 0 fully saturated rings. The third-order valence-electron chi connectivity index (χ3n) is 2.81. The first-order chi connectivity index (χ1) is 8.34. The normalized spacial score (nSPS) is 15.0. The summed E-state index contributed by atoms with van der Waals surface area (Å²) >= 11 is 3.58. The molecule has 2 aromatic rings. The van der Waals surface area contributed by atoms with Crippen LogP contribution in [-0.2, 0) is 0 Å². The average molecular weight is 292 g/mol. The Bertz CT molecular complexity index is 594. The molecule has 0 amide bonds. The number of halogens is 1. The molecule has 0 aliphatic carbocycles. The molecule has 4 nitrogen and oxygen atoms in total. The summed E-state index contributed by atoms with van der Waals surface area (Å²) in [5, 5.41) is 3.39. The van der Waals surface area contributed by atoms with Gasteiger partial charge in [0, 0.05) is 12.4 Å². The molecule has 0 saturated carbocycles. The van der Waals surface area contributed by atoms with E-state index in [2.05, 4.69) is 36.2 Å². The maximum Gasteiger partial charge on any atom is 0.247 e. The smallest absolute Gasteiger partial charge is 0.247 e. The van der Waals surface area contributed by atoms with Crippen molar-refractivity contribution in [2.24, 2.45) is 0 Å². The van der Waals surface area contributed by atoms with Gasteiger partial charge in [-0.3, -0.25) is 15.0 Å². The van der Waals surface area contributed by atoms with Gasteiger partial charge in [0.15, 0.2) is 0 Å². The Balaban J connectivity index is 2.02. The molecule has 0 unspecified atom stereocenters. The molecule has 5 heteroatoms. The molecule has 3 rings (SSSR count). The van der Waals surface area contributed by atoms with E-state index in [4.69, 9.17) is 0 Å². The fourth-order valence-electron chi connectivity index (χ4n) is 1.96. The summed E-state index contributed by atoms with van der Waals surface area (Å²) in [6.45, 7) is 1.05. The summed E-state index contributed by atoms with van der Waals surface area (Å²) in [6.07, 6.45) is 5.67. The van der Waals surface area contributed by atoms with Crippen LogP contribution in [0.5, 0.6) is 0 Å². The minimum atomic E-state index is 0.885. The van der Waals surface area contributed by atoms with Crippen molar-refractivity contribution < 1.29 is 4.99 Å². The first kappa shape index (κ1) is 10.7. The molecular weight excluding hydrogens is 280 g/mol. The number of hydrogen-bond donors (Lipinski definition) is 2. The second-order valence-electron chi connectivity index (χ2n) is 3.99. The van der Waals surface area contributed by atoms with Crippen LogP contribution in [0.2, 0.25) is 0 Å². The van der Waals surface area contributed by atoms with Crippen molar-refractivity contribution in [3.8, 4) is 0 Å². The van der Waals surface area contributed by atoms with Gasteiger partial charge in [-0.25, -0.2) is 5.32 Å². The van der Waals surface area contributed by atoms with Gasteiger partial charge in [0.25, 0.3) is 0 Å². The van der Waals surface area contributed by atoms with E-state index >= 15 is 0 Å². The van der Waals surface area contributed by atoms with E-state index < -0.39 is 0 Å². The zero-order valence-corrected chi connectivity index (χ0v) is 10.8. The van der Waals surface area contributed by atoms with Crippen LogP contribution in [0.3, 0.4) is 0 Å². The van der Waals surface area contributed by atoms with Gasteiger partial charge >= 0.3 is 0 Å². The third kappa shape index (κ3) is 2.02. The molecule has 1 aromatic heterocycles. The molecule has 86 valence electrons. The standard InChI is InChI=1S/C12H11BrN4/c13-11-8(17-10-2-1-5-15-10)3-4-9-12(11)16-7-6-14-9/h3-4,6-7H,1-2,5H2,(H,15,17)/p+1. The lowest BCUT2D eigenvalue weighted by Gasteiger charge is -2.04. The SMILES string of the molecule is Brc1c(NC2=[NH+]CCC2)ccc2nccnc12. The van der Waals surface area contributed by atoms with Crippen LogP contribution < -0.4 is 10.3 Å². The van der Waals surface area contributed by atoms with Crippen molar-refractivity contribution in [2.45, 2.75) is 12.8 Å². The zero-order valence-electron chi connectivity index (χ0n) is 9.20. The molecule has 0 saturated heterocycles. The maximum absolute atomic E-state index is 4.34. The second kappa shape index (κ2) is 4.41. The molecule has 17 heavy (non-hydrogen) atoms. The highest BCUT2D eigenvalue weighted by Gasteiger charge is 2.16. The van der Waals surface area contributed by atoms with Gasteiger partial charge in [0.05, 0.1) is 23.0 Å². The van der Waals surface area contributed by atoms with E-state index in [1.165, 1.54) is 12.3 Å². The van der Waals surface area contributed by atoms with Crippen LogP contribution in [0.15, 0.2) is 29.0 Å². The van der Waals surface area contributed by atoms with Crippen molar-refractivity contribution in [1.82, 2.24) is 9.97 Å². The van der Waals surface area contributed by atoms with E-state index in [0.29, 0.717) is 0 Å². The molecule has 0 spiro atoms. The molecule has 2 N–H and O–H groups in total. The maximum atomic E-state index is 4.34. The topological polar surface area (TPSA) is 51.8 Å². The lowest BCUT2D eigenvalue weighted by Crippen LogP contribution is -2.71. The van der Waals surface area contributed by atoms with E-state index in [-0.39, 0.29) is 0 Å². The van der Waals surface area contributed by atoms with E-state index in [9.17, 15) is 0 Å². The van der Waals surface area contributed by atoms with E-state index in [0.717, 1.165) is 34.2 Å². The zero-order chi connectivity index (χ0) is 11.7. The summed E-state index contributed by atoms with van der Waals surface area (Å²) in [6, 6.07) is 4.00.